The Morgan fingerprint density at radius 3 is 2.52 bits per heavy atom. The Morgan fingerprint density at radius 1 is 1.13 bits per heavy atom. The minimum Gasteiger partial charge on any atom is -0.495 e. The van der Waals surface area contributed by atoms with Gasteiger partial charge < -0.3 is 10.1 Å². The molecule has 2 aromatic carbocycles. The smallest absolute Gasteiger partial charge is 0.256 e. The molecular formula is C17H15FN2O3. The van der Waals surface area contributed by atoms with Crippen molar-refractivity contribution < 1.29 is 18.7 Å². The van der Waals surface area contributed by atoms with Crippen molar-refractivity contribution in [3.63, 3.8) is 0 Å². The van der Waals surface area contributed by atoms with Gasteiger partial charge in [0, 0.05) is 0 Å². The highest BCUT2D eigenvalue weighted by Crippen LogP contribution is 2.28. The maximum atomic E-state index is 13.0. The van der Waals surface area contributed by atoms with Gasteiger partial charge in [-0.3, -0.25) is 9.59 Å². The van der Waals surface area contributed by atoms with Crippen LogP contribution >= 0.6 is 0 Å². The summed E-state index contributed by atoms with van der Waals surface area (Å²) in [7, 11) is 1.53. The summed E-state index contributed by atoms with van der Waals surface area (Å²) in [6.45, 7) is 0. The summed E-state index contributed by atoms with van der Waals surface area (Å²) in [6, 6.07) is 11.8. The number of carbonyl (C=O) groups is 2. The van der Waals surface area contributed by atoms with Crippen molar-refractivity contribution in [1.29, 1.82) is 0 Å². The van der Waals surface area contributed by atoms with Gasteiger partial charge in [-0.05, 0) is 36.4 Å². The van der Waals surface area contributed by atoms with Crippen molar-refractivity contribution >= 4 is 23.2 Å². The van der Waals surface area contributed by atoms with E-state index in [1.807, 2.05) is 12.1 Å². The van der Waals surface area contributed by atoms with Crippen LogP contribution < -0.4 is 15.0 Å². The van der Waals surface area contributed by atoms with Crippen molar-refractivity contribution in [1.82, 2.24) is 0 Å². The number of halogens is 1. The number of carbonyl (C=O) groups excluding carboxylic acids is 2. The predicted octanol–water partition coefficient (Wildman–Crippen LogP) is 2.58. The first-order chi connectivity index (χ1) is 11.1. The highest BCUT2D eigenvalue weighted by atomic mass is 19.1. The third-order valence-corrected chi connectivity index (χ3v) is 3.67. The molecule has 0 aliphatic carbocycles. The van der Waals surface area contributed by atoms with Gasteiger partial charge in [0.25, 0.3) is 5.91 Å². The fourth-order valence-corrected chi connectivity index (χ4v) is 2.56. The monoisotopic (exact) mass is 314 g/mol. The summed E-state index contributed by atoms with van der Waals surface area (Å²) in [5, 5.41) is 3.04. The summed E-state index contributed by atoms with van der Waals surface area (Å²) in [5.41, 5.74) is 1.01. The number of methoxy groups -OCH3 is 1. The van der Waals surface area contributed by atoms with Crippen LogP contribution in [0.5, 0.6) is 5.75 Å². The number of ether oxygens (including phenoxy) is 1. The molecule has 1 fully saturated rings. The van der Waals surface area contributed by atoms with Crippen LogP contribution in [-0.4, -0.2) is 25.0 Å². The third kappa shape index (κ3) is 2.88. The van der Waals surface area contributed by atoms with Gasteiger partial charge in [0.15, 0.2) is 0 Å². The molecule has 3 rings (SSSR count). The molecule has 0 spiro atoms. The zero-order chi connectivity index (χ0) is 16.4. The van der Waals surface area contributed by atoms with E-state index in [0.29, 0.717) is 17.1 Å². The molecule has 2 amide bonds. The lowest BCUT2D eigenvalue weighted by atomic mass is 10.2. The van der Waals surface area contributed by atoms with E-state index in [1.54, 1.807) is 12.1 Å². The number of rotatable bonds is 4. The van der Waals surface area contributed by atoms with E-state index >= 15 is 0 Å². The molecule has 1 aliphatic heterocycles. The standard InChI is InChI=1S/C17H15FN2O3/c1-23-15-5-3-2-4-13(15)19-14-10-16(21)20(17(14)22)12-8-6-11(18)7-9-12/h2-9,14,19H,10H2,1H3/t14-/m0/s1. The van der Waals surface area contributed by atoms with E-state index in [4.69, 9.17) is 4.74 Å². The van der Waals surface area contributed by atoms with E-state index < -0.39 is 11.9 Å². The molecule has 0 radical (unpaired) electrons. The van der Waals surface area contributed by atoms with Gasteiger partial charge in [0.05, 0.1) is 24.9 Å². The molecule has 0 bridgehead atoms. The van der Waals surface area contributed by atoms with Crippen LogP contribution in [0, 0.1) is 5.82 Å². The quantitative estimate of drug-likeness (QED) is 0.881. The highest BCUT2D eigenvalue weighted by molar-refractivity contribution is 6.23. The molecule has 6 heteroatoms. The average molecular weight is 314 g/mol. The van der Waals surface area contributed by atoms with Crippen molar-refractivity contribution in [2.45, 2.75) is 12.5 Å². The summed E-state index contributed by atoms with van der Waals surface area (Å²) in [6.07, 6.45) is 0.0360. The first-order valence-corrected chi connectivity index (χ1v) is 7.12. The molecular weight excluding hydrogens is 299 g/mol. The average Bonchev–Trinajstić information content (AvgIpc) is 2.83. The van der Waals surface area contributed by atoms with Crippen molar-refractivity contribution in [3.8, 4) is 5.75 Å². The van der Waals surface area contributed by atoms with Crippen LogP contribution in [0.1, 0.15) is 6.42 Å². The lowest BCUT2D eigenvalue weighted by Gasteiger charge is -2.17. The summed E-state index contributed by atoms with van der Waals surface area (Å²) in [5.74, 6) is -0.522. The Morgan fingerprint density at radius 2 is 1.83 bits per heavy atom. The van der Waals surface area contributed by atoms with E-state index in [1.165, 1.54) is 31.4 Å². The Bertz CT molecular complexity index is 746. The lowest BCUT2D eigenvalue weighted by molar-refractivity contribution is -0.121. The molecule has 1 aliphatic rings. The SMILES string of the molecule is COc1ccccc1N[C@H]1CC(=O)N(c2ccc(F)cc2)C1=O. The summed E-state index contributed by atoms with van der Waals surface area (Å²) in [4.78, 5) is 25.8. The van der Waals surface area contributed by atoms with Gasteiger partial charge in [-0.1, -0.05) is 12.1 Å². The predicted molar refractivity (Wildman–Crippen MR) is 83.9 cm³/mol. The maximum absolute atomic E-state index is 13.0. The molecule has 0 aromatic heterocycles. The van der Waals surface area contributed by atoms with E-state index in [-0.39, 0.29) is 18.2 Å². The Labute approximate surface area is 132 Å². The number of nitrogens with zero attached hydrogens (tertiary/aromatic N) is 1. The third-order valence-electron chi connectivity index (χ3n) is 3.67. The molecule has 0 unspecified atom stereocenters. The number of para-hydroxylation sites is 2. The molecule has 1 saturated heterocycles. The van der Waals surface area contributed by atoms with Crippen LogP contribution in [0.25, 0.3) is 0 Å². The number of hydrogen-bond acceptors (Lipinski definition) is 4. The maximum Gasteiger partial charge on any atom is 0.256 e. The number of amides is 2. The van der Waals surface area contributed by atoms with Crippen LogP contribution in [0.2, 0.25) is 0 Å². The summed E-state index contributed by atoms with van der Waals surface area (Å²) >= 11 is 0. The van der Waals surface area contributed by atoms with E-state index in [2.05, 4.69) is 5.32 Å². The van der Waals surface area contributed by atoms with E-state index in [0.717, 1.165) is 4.90 Å². The molecule has 23 heavy (non-hydrogen) atoms. The van der Waals surface area contributed by atoms with Gasteiger partial charge >= 0.3 is 0 Å². The fourth-order valence-electron chi connectivity index (χ4n) is 2.56. The first kappa shape index (κ1) is 15.0. The van der Waals surface area contributed by atoms with Crippen molar-refractivity contribution in [3.05, 3.63) is 54.3 Å². The largest absolute Gasteiger partial charge is 0.495 e. The normalized spacial score (nSPS) is 17.5. The topological polar surface area (TPSA) is 58.6 Å². The van der Waals surface area contributed by atoms with Gasteiger partial charge in [0.1, 0.15) is 17.6 Å². The molecule has 2 aromatic rings. The number of hydrogen-bond donors (Lipinski definition) is 1. The zero-order valence-electron chi connectivity index (χ0n) is 12.5. The van der Waals surface area contributed by atoms with Gasteiger partial charge in [0.2, 0.25) is 5.91 Å². The second kappa shape index (κ2) is 6.08. The van der Waals surface area contributed by atoms with Crippen LogP contribution in [0.4, 0.5) is 15.8 Å². The minimum atomic E-state index is -0.677. The molecule has 1 heterocycles. The molecule has 5 nitrogen and oxygen atoms in total. The molecule has 118 valence electrons. The van der Waals surface area contributed by atoms with Crippen LogP contribution in [0.15, 0.2) is 48.5 Å². The fraction of sp³-hybridized carbons (Fsp3) is 0.176. The number of anilines is 2. The Hall–Kier alpha value is -2.89. The second-order valence-electron chi connectivity index (χ2n) is 5.15. The van der Waals surface area contributed by atoms with Crippen molar-refractivity contribution in [2.24, 2.45) is 0 Å². The summed E-state index contributed by atoms with van der Waals surface area (Å²) < 4.78 is 18.2. The highest BCUT2D eigenvalue weighted by Gasteiger charge is 2.39. The van der Waals surface area contributed by atoms with Crippen LogP contribution in [-0.2, 0) is 9.59 Å². The van der Waals surface area contributed by atoms with E-state index in [9.17, 15) is 14.0 Å². The van der Waals surface area contributed by atoms with Gasteiger partial charge in [-0.25, -0.2) is 9.29 Å². The Kier molecular flexibility index (Phi) is 3.97. The zero-order valence-corrected chi connectivity index (χ0v) is 12.5. The minimum absolute atomic E-state index is 0.0360. The lowest BCUT2D eigenvalue weighted by Crippen LogP contribution is -2.34. The van der Waals surface area contributed by atoms with Gasteiger partial charge in [-0.2, -0.15) is 0 Å². The number of nitrogens with one attached hydrogen (secondary N) is 1. The second-order valence-corrected chi connectivity index (χ2v) is 5.15. The number of benzene rings is 2. The number of imide groups is 1. The van der Waals surface area contributed by atoms with Gasteiger partial charge in [-0.15, -0.1) is 0 Å². The van der Waals surface area contributed by atoms with Crippen LogP contribution in [0.3, 0.4) is 0 Å². The Balaban J connectivity index is 1.82. The molecule has 1 N–H and O–H groups in total. The molecule has 0 saturated carbocycles. The van der Waals surface area contributed by atoms with Crippen molar-refractivity contribution in [2.75, 3.05) is 17.3 Å². The molecule has 1 atom stereocenters. The first-order valence-electron chi connectivity index (χ1n) is 7.12.